The normalized spacial score (nSPS) is 38.4. The molecule has 2 rings (SSSR count). The molecular formula is C13H24N2O2. The van der Waals surface area contributed by atoms with Crippen molar-refractivity contribution >= 4 is 5.91 Å². The van der Waals surface area contributed by atoms with Crippen LogP contribution in [0, 0.1) is 11.3 Å². The van der Waals surface area contributed by atoms with Crippen LogP contribution in [0.1, 0.15) is 39.0 Å². The summed E-state index contributed by atoms with van der Waals surface area (Å²) in [7, 11) is 0. The summed E-state index contributed by atoms with van der Waals surface area (Å²) in [5, 5.41) is 9.52. The van der Waals surface area contributed by atoms with Crippen molar-refractivity contribution in [2.45, 2.75) is 45.1 Å². The van der Waals surface area contributed by atoms with Crippen LogP contribution in [0.2, 0.25) is 0 Å². The molecule has 1 aliphatic heterocycles. The Morgan fingerprint density at radius 2 is 2.06 bits per heavy atom. The van der Waals surface area contributed by atoms with Gasteiger partial charge in [0.15, 0.2) is 0 Å². The van der Waals surface area contributed by atoms with Gasteiger partial charge in [-0.05, 0) is 38.0 Å². The Balaban J connectivity index is 2.04. The molecule has 4 nitrogen and oxygen atoms in total. The molecule has 2 fully saturated rings. The van der Waals surface area contributed by atoms with Crippen molar-refractivity contribution in [2.24, 2.45) is 17.1 Å². The minimum absolute atomic E-state index is 0.184. The predicted molar refractivity (Wildman–Crippen MR) is 66.3 cm³/mol. The number of likely N-dealkylation sites (tertiary alicyclic amines) is 1. The van der Waals surface area contributed by atoms with Gasteiger partial charge < -0.3 is 15.7 Å². The van der Waals surface area contributed by atoms with E-state index in [2.05, 4.69) is 6.92 Å². The van der Waals surface area contributed by atoms with E-state index >= 15 is 0 Å². The van der Waals surface area contributed by atoms with Gasteiger partial charge in [-0.2, -0.15) is 0 Å². The highest BCUT2D eigenvalue weighted by atomic mass is 16.3. The van der Waals surface area contributed by atoms with E-state index in [9.17, 15) is 9.90 Å². The van der Waals surface area contributed by atoms with E-state index in [0.29, 0.717) is 32.0 Å². The van der Waals surface area contributed by atoms with Gasteiger partial charge >= 0.3 is 0 Å². The summed E-state index contributed by atoms with van der Waals surface area (Å²) in [5.41, 5.74) is 5.54. The number of carbonyl (C=O) groups excluding carboxylic acids is 1. The molecule has 0 spiro atoms. The van der Waals surface area contributed by atoms with Crippen molar-refractivity contribution in [3.05, 3.63) is 0 Å². The summed E-state index contributed by atoms with van der Waals surface area (Å²) in [6.45, 7) is 3.88. The molecule has 0 aromatic carbocycles. The standard InChI is InChI=1S/C13H24N2O2/c1-10-2-5-13(9-14,6-3-10)12(17)15-7-4-11(16)8-15/h10-11,16H,2-9,14H2,1H3/t10?,11-,13?/m0/s1. The van der Waals surface area contributed by atoms with Crippen LogP contribution in [0.15, 0.2) is 0 Å². The Bertz CT molecular complexity index is 285. The summed E-state index contributed by atoms with van der Waals surface area (Å²) in [6.07, 6.45) is 4.39. The zero-order valence-electron chi connectivity index (χ0n) is 10.7. The third-order valence-electron chi connectivity index (χ3n) is 4.53. The molecule has 1 saturated heterocycles. The van der Waals surface area contributed by atoms with Gasteiger partial charge in [0.05, 0.1) is 11.5 Å². The number of hydrogen-bond acceptors (Lipinski definition) is 3. The molecular weight excluding hydrogens is 216 g/mol. The second kappa shape index (κ2) is 4.94. The number of carbonyl (C=O) groups is 1. The first kappa shape index (κ1) is 12.8. The van der Waals surface area contributed by atoms with Crippen LogP contribution in [0.3, 0.4) is 0 Å². The number of aliphatic hydroxyl groups excluding tert-OH is 1. The average Bonchev–Trinajstić information content (AvgIpc) is 2.76. The van der Waals surface area contributed by atoms with E-state index in [1.54, 1.807) is 0 Å². The van der Waals surface area contributed by atoms with Gasteiger partial charge in [0, 0.05) is 19.6 Å². The first-order chi connectivity index (χ1) is 8.07. The lowest BCUT2D eigenvalue weighted by molar-refractivity contribution is -0.143. The zero-order chi connectivity index (χ0) is 12.5. The van der Waals surface area contributed by atoms with E-state index in [-0.39, 0.29) is 17.4 Å². The number of hydrogen-bond donors (Lipinski definition) is 2. The van der Waals surface area contributed by atoms with Crippen molar-refractivity contribution in [1.82, 2.24) is 4.90 Å². The van der Waals surface area contributed by atoms with Crippen molar-refractivity contribution in [3.63, 3.8) is 0 Å². The maximum absolute atomic E-state index is 12.5. The van der Waals surface area contributed by atoms with Gasteiger partial charge in [-0.3, -0.25) is 4.79 Å². The Morgan fingerprint density at radius 3 is 2.53 bits per heavy atom. The van der Waals surface area contributed by atoms with E-state index in [4.69, 9.17) is 5.73 Å². The van der Waals surface area contributed by atoms with E-state index < -0.39 is 0 Å². The molecule has 1 saturated carbocycles. The third kappa shape index (κ3) is 2.47. The van der Waals surface area contributed by atoms with E-state index in [0.717, 1.165) is 25.7 Å². The van der Waals surface area contributed by atoms with Gasteiger partial charge in [0.2, 0.25) is 5.91 Å². The van der Waals surface area contributed by atoms with Crippen LogP contribution < -0.4 is 5.73 Å². The maximum atomic E-state index is 12.5. The molecule has 1 aliphatic carbocycles. The lowest BCUT2D eigenvalue weighted by Gasteiger charge is -2.39. The van der Waals surface area contributed by atoms with Crippen LogP contribution in [0.5, 0.6) is 0 Å². The fraction of sp³-hybridized carbons (Fsp3) is 0.923. The average molecular weight is 240 g/mol. The Kier molecular flexibility index (Phi) is 3.73. The van der Waals surface area contributed by atoms with Crippen molar-refractivity contribution in [1.29, 1.82) is 0 Å². The van der Waals surface area contributed by atoms with Gasteiger partial charge in [-0.15, -0.1) is 0 Å². The van der Waals surface area contributed by atoms with Crippen molar-refractivity contribution < 1.29 is 9.90 Å². The maximum Gasteiger partial charge on any atom is 0.230 e. The Morgan fingerprint density at radius 1 is 1.41 bits per heavy atom. The summed E-state index contributed by atoms with van der Waals surface area (Å²) >= 11 is 0. The lowest BCUT2D eigenvalue weighted by atomic mass is 9.70. The number of nitrogens with zero attached hydrogens (tertiary/aromatic N) is 1. The fourth-order valence-electron chi connectivity index (χ4n) is 3.08. The van der Waals surface area contributed by atoms with Gasteiger partial charge in [-0.1, -0.05) is 6.92 Å². The van der Waals surface area contributed by atoms with Crippen molar-refractivity contribution in [2.75, 3.05) is 19.6 Å². The second-order valence-electron chi connectivity index (χ2n) is 5.86. The summed E-state index contributed by atoms with van der Waals surface area (Å²) in [4.78, 5) is 14.4. The molecule has 98 valence electrons. The van der Waals surface area contributed by atoms with Crippen LogP contribution in [0.4, 0.5) is 0 Å². The molecule has 4 heteroatoms. The highest BCUT2D eigenvalue weighted by molar-refractivity contribution is 5.83. The summed E-state index contributed by atoms with van der Waals surface area (Å²) in [5.74, 6) is 0.898. The first-order valence-electron chi connectivity index (χ1n) is 6.75. The molecule has 0 unspecified atom stereocenters. The molecule has 0 radical (unpaired) electrons. The summed E-state index contributed by atoms with van der Waals surface area (Å²) in [6, 6.07) is 0. The number of rotatable bonds is 2. The number of β-amino-alcohol motifs (C(OH)–C–C–N with tert-alkyl or cyclic N) is 1. The lowest BCUT2D eigenvalue weighted by Crippen LogP contribution is -2.49. The smallest absolute Gasteiger partial charge is 0.230 e. The minimum Gasteiger partial charge on any atom is -0.391 e. The van der Waals surface area contributed by atoms with Gasteiger partial charge in [0.25, 0.3) is 0 Å². The number of nitrogens with two attached hydrogens (primary N) is 1. The predicted octanol–water partition coefficient (Wildman–Crippen LogP) is 0.735. The molecule has 17 heavy (non-hydrogen) atoms. The van der Waals surface area contributed by atoms with Crippen LogP contribution in [-0.4, -0.2) is 41.7 Å². The highest BCUT2D eigenvalue weighted by Gasteiger charge is 2.43. The van der Waals surface area contributed by atoms with E-state index in [1.807, 2.05) is 4.90 Å². The number of aliphatic hydroxyl groups is 1. The van der Waals surface area contributed by atoms with Crippen molar-refractivity contribution in [3.8, 4) is 0 Å². The molecule has 3 N–H and O–H groups in total. The molecule has 1 atom stereocenters. The van der Waals surface area contributed by atoms with Crippen LogP contribution in [-0.2, 0) is 4.79 Å². The highest BCUT2D eigenvalue weighted by Crippen LogP contribution is 2.40. The van der Waals surface area contributed by atoms with Gasteiger partial charge in [-0.25, -0.2) is 0 Å². The number of amides is 1. The van der Waals surface area contributed by atoms with Crippen LogP contribution in [0.25, 0.3) is 0 Å². The summed E-state index contributed by atoms with van der Waals surface area (Å²) < 4.78 is 0. The van der Waals surface area contributed by atoms with Gasteiger partial charge in [0.1, 0.15) is 0 Å². The molecule has 1 amide bonds. The molecule has 0 aromatic rings. The second-order valence-corrected chi connectivity index (χ2v) is 5.86. The fourth-order valence-corrected chi connectivity index (χ4v) is 3.08. The minimum atomic E-state index is -0.337. The zero-order valence-corrected chi connectivity index (χ0v) is 10.7. The largest absolute Gasteiger partial charge is 0.391 e. The van der Waals surface area contributed by atoms with E-state index in [1.165, 1.54) is 0 Å². The Labute approximate surface area is 103 Å². The molecule has 2 aliphatic rings. The molecule has 1 heterocycles. The molecule has 0 bridgehead atoms. The monoisotopic (exact) mass is 240 g/mol. The topological polar surface area (TPSA) is 66.6 Å². The Hall–Kier alpha value is -0.610. The molecule has 0 aromatic heterocycles. The third-order valence-corrected chi connectivity index (χ3v) is 4.53. The quantitative estimate of drug-likeness (QED) is 0.748. The van der Waals surface area contributed by atoms with Crippen LogP contribution >= 0.6 is 0 Å². The first-order valence-corrected chi connectivity index (χ1v) is 6.75. The SMILES string of the molecule is CC1CCC(CN)(C(=O)N2CC[C@H](O)C2)CC1.